The summed E-state index contributed by atoms with van der Waals surface area (Å²) in [5, 5.41) is 23.1. The van der Waals surface area contributed by atoms with Crippen molar-refractivity contribution in [2.24, 2.45) is 5.73 Å². The van der Waals surface area contributed by atoms with Crippen molar-refractivity contribution in [2.75, 3.05) is 20.2 Å². The van der Waals surface area contributed by atoms with E-state index in [2.05, 4.69) is 15.2 Å². The molecule has 1 aliphatic heterocycles. The molecule has 0 saturated carbocycles. The monoisotopic (exact) mass is 480 g/mol. The van der Waals surface area contributed by atoms with E-state index in [1.54, 1.807) is 6.20 Å². The van der Waals surface area contributed by atoms with Gasteiger partial charge >= 0.3 is 0 Å². The van der Waals surface area contributed by atoms with E-state index in [0.717, 1.165) is 37.2 Å². The lowest BCUT2D eigenvalue weighted by molar-refractivity contribution is -0.147. The SMILES string of the molecule is CN(CCCC1CC(N/C=C(\N)c2cc(F)c(F)c(F)c2)C(O)C(CO)O1)Cc1cccnc1. The van der Waals surface area contributed by atoms with Crippen molar-refractivity contribution in [3.63, 3.8) is 0 Å². The Morgan fingerprint density at radius 1 is 1.32 bits per heavy atom. The molecule has 3 rings (SSSR count). The van der Waals surface area contributed by atoms with Gasteiger partial charge in [-0.3, -0.25) is 4.98 Å². The largest absolute Gasteiger partial charge is 0.397 e. The maximum Gasteiger partial charge on any atom is 0.194 e. The Morgan fingerprint density at radius 2 is 2.06 bits per heavy atom. The van der Waals surface area contributed by atoms with E-state index in [0.29, 0.717) is 12.8 Å². The van der Waals surface area contributed by atoms with Crippen LogP contribution in [0.2, 0.25) is 0 Å². The maximum absolute atomic E-state index is 13.5. The number of halogens is 3. The molecule has 0 aliphatic carbocycles. The van der Waals surface area contributed by atoms with Crippen LogP contribution in [-0.2, 0) is 11.3 Å². The zero-order valence-electron chi connectivity index (χ0n) is 19.0. The number of aliphatic hydroxyl groups is 2. The molecule has 0 spiro atoms. The van der Waals surface area contributed by atoms with Gasteiger partial charge in [0.05, 0.1) is 24.4 Å². The molecule has 1 saturated heterocycles. The van der Waals surface area contributed by atoms with Gasteiger partial charge in [-0.1, -0.05) is 6.07 Å². The summed E-state index contributed by atoms with van der Waals surface area (Å²) >= 11 is 0. The average molecular weight is 481 g/mol. The summed E-state index contributed by atoms with van der Waals surface area (Å²) in [5.74, 6) is -4.25. The zero-order chi connectivity index (χ0) is 24.7. The van der Waals surface area contributed by atoms with Crippen LogP contribution in [0.5, 0.6) is 0 Å². The number of nitrogens with two attached hydrogens (primary N) is 1. The van der Waals surface area contributed by atoms with Crippen LogP contribution >= 0.6 is 0 Å². The summed E-state index contributed by atoms with van der Waals surface area (Å²) in [6.45, 7) is 1.24. The Morgan fingerprint density at radius 3 is 2.71 bits per heavy atom. The molecular weight excluding hydrogens is 449 g/mol. The lowest BCUT2D eigenvalue weighted by Crippen LogP contribution is -2.54. The Kier molecular flexibility index (Phi) is 9.28. The number of aromatic nitrogens is 1. The minimum Gasteiger partial charge on any atom is -0.397 e. The van der Waals surface area contributed by atoms with Gasteiger partial charge in [-0.25, -0.2) is 13.2 Å². The Labute approximate surface area is 197 Å². The molecule has 1 fully saturated rings. The van der Waals surface area contributed by atoms with E-state index < -0.39 is 35.7 Å². The van der Waals surface area contributed by atoms with Crippen LogP contribution in [-0.4, -0.2) is 64.6 Å². The van der Waals surface area contributed by atoms with Crippen molar-refractivity contribution in [3.8, 4) is 0 Å². The van der Waals surface area contributed by atoms with E-state index in [9.17, 15) is 23.4 Å². The molecule has 10 heteroatoms. The molecule has 1 aliphatic rings. The normalized spacial score (nSPS) is 23.3. The van der Waals surface area contributed by atoms with Gasteiger partial charge in [-0.05, 0) is 56.6 Å². The molecule has 4 atom stereocenters. The number of benzene rings is 1. The second kappa shape index (κ2) is 12.2. The van der Waals surface area contributed by atoms with Crippen molar-refractivity contribution in [1.82, 2.24) is 15.2 Å². The average Bonchev–Trinajstić information content (AvgIpc) is 2.82. The molecular formula is C24H31F3N4O3. The highest BCUT2D eigenvalue weighted by molar-refractivity contribution is 5.62. The molecule has 1 aromatic carbocycles. The number of rotatable bonds is 10. The van der Waals surface area contributed by atoms with Crippen molar-refractivity contribution in [1.29, 1.82) is 0 Å². The number of ether oxygens (including phenoxy) is 1. The van der Waals surface area contributed by atoms with E-state index in [4.69, 9.17) is 10.5 Å². The van der Waals surface area contributed by atoms with E-state index in [-0.39, 0.29) is 24.0 Å². The van der Waals surface area contributed by atoms with Crippen LogP contribution in [0.1, 0.15) is 30.4 Å². The fraction of sp³-hybridized carbons (Fsp3) is 0.458. The van der Waals surface area contributed by atoms with E-state index >= 15 is 0 Å². The molecule has 34 heavy (non-hydrogen) atoms. The van der Waals surface area contributed by atoms with Crippen LogP contribution in [0.3, 0.4) is 0 Å². The summed E-state index contributed by atoms with van der Waals surface area (Å²) in [4.78, 5) is 6.30. The van der Waals surface area contributed by atoms with Crippen LogP contribution < -0.4 is 11.1 Å². The summed E-state index contributed by atoms with van der Waals surface area (Å²) in [7, 11) is 2.02. The van der Waals surface area contributed by atoms with Crippen LogP contribution in [0.25, 0.3) is 5.70 Å². The van der Waals surface area contributed by atoms with E-state index in [1.807, 2.05) is 25.4 Å². The van der Waals surface area contributed by atoms with Crippen LogP contribution in [0.15, 0.2) is 42.9 Å². The first-order valence-corrected chi connectivity index (χ1v) is 11.2. The highest BCUT2D eigenvalue weighted by atomic mass is 19.2. The van der Waals surface area contributed by atoms with Gasteiger partial charge in [0.25, 0.3) is 0 Å². The third-order valence-corrected chi connectivity index (χ3v) is 5.87. The predicted molar refractivity (Wildman–Crippen MR) is 122 cm³/mol. The molecule has 5 N–H and O–H groups in total. The Hall–Kier alpha value is -2.66. The number of hydrogen-bond donors (Lipinski definition) is 4. The second-order valence-electron chi connectivity index (χ2n) is 8.57. The van der Waals surface area contributed by atoms with Gasteiger partial charge in [-0.15, -0.1) is 0 Å². The quantitative estimate of drug-likeness (QED) is 0.387. The van der Waals surface area contributed by atoms with Crippen LogP contribution in [0.4, 0.5) is 13.2 Å². The van der Waals surface area contributed by atoms with Crippen molar-refractivity contribution in [3.05, 3.63) is 71.4 Å². The van der Waals surface area contributed by atoms with Gasteiger partial charge in [0.1, 0.15) is 12.2 Å². The molecule has 0 bridgehead atoms. The lowest BCUT2D eigenvalue weighted by Gasteiger charge is -2.39. The second-order valence-corrected chi connectivity index (χ2v) is 8.57. The summed E-state index contributed by atoms with van der Waals surface area (Å²) in [6.07, 6.45) is 4.89. The Bertz CT molecular complexity index is 941. The van der Waals surface area contributed by atoms with Gasteiger partial charge in [0.15, 0.2) is 17.5 Å². The van der Waals surface area contributed by atoms with Crippen molar-refractivity contribution < 1.29 is 28.1 Å². The number of nitrogens with one attached hydrogen (secondary N) is 1. The van der Waals surface area contributed by atoms with Gasteiger partial charge < -0.3 is 30.9 Å². The highest BCUT2D eigenvalue weighted by Crippen LogP contribution is 2.24. The van der Waals surface area contributed by atoms with Crippen molar-refractivity contribution >= 4 is 5.70 Å². The molecule has 0 amide bonds. The highest BCUT2D eigenvalue weighted by Gasteiger charge is 2.36. The molecule has 186 valence electrons. The van der Waals surface area contributed by atoms with Crippen LogP contribution in [0, 0.1) is 17.5 Å². The first-order valence-electron chi connectivity index (χ1n) is 11.2. The molecule has 7 nitrogen and oxygen atoms in total. The minimum atomic E-state index is -1.57. The number of aliphatic hydroxyl groups excluding tert-OH is 2. The third kappa shape index (κ3) is 6.92. The first kappa shape index (κ1) is 26.0. The summed E-state index contributed by atoms with van der Waals surface area (Å²) in [6, 6.07) is 5.02. The van der Waals surface area contributed by atoms with E-state index in [1.165, 1.54) is 6.20 Å². The van der Waals surface area contributed by atoms with Gasteiger partial charge in [0.2, 0.25) is 0 Å². The number of pyridine rings is 1. The zero-order valence-corrected chi connectivity index (χ0v) is 19.0. The fourth-order valence-corrected chi connectivity index (χ4v) is 4.04. The molecule has 2 aromatic rings. The van der Waals surface area contributed by atoms with Crippen molar-refractivity contribution in [2.45, 2.75) is 50.2 Å². The van der Waals surface area contributed by atoms with Gasteiger partial charge in [-0.2, -0.15) is 0 Å². The Balaban J connectivity index is 1.55. The molecule has 1 aromatic heterocycles. The third-order valence-electron chi connectivity index (χ3n) is 5.87. The topological polar surface area (TPSA) is 104 Å². The summed E-state index contributed by atoms with van der Waals surface area (Å²) < 4.78 is 46.0. The number of hydrogen-bond acceptors (Lipinski definition) is 7. The fourth-order valence-electron chi connectivity index (χ4n) is 4.04. The maximum atomic E-state index is 13.5. The lowest BCUT2D eigenvalue weighted by atomic mass is 9.93. The first-order chi connectivity index (χ1) is 16.3. The number of nitrogens with zero attached hydrogens (tertiary/aromatic N) is 2. The molecule has 2 heterocycles. The standard InChI is InChI=1S/C24H31F3N4O3/c1-31(13-15-4-2-6-29-11-15)7-3-5-17-10-21(24(33)22(14-32)34-17)30-12-20(28)16-8-18(25)23(27)19(26)9-16/h2,4,6,8-9,11-12,17,21-22,24,30,32-33H,3,5,7,10,13-14,28H2,1H3/b20-12-. The molecule has 0 radical (unpaired) electrons. The summed E-state index contributed by atoms with van der Waals surface area (Å²) in [5.41, 5.74) is 6.96. The molecule has 4 unspecified atom stereocenters. The smallest absolute Gasteiger partial charge is 0.194 e. The van der Waals surface area contributed by atoms with Gasteiger partial charge in [0, 0.05) is 30.7 Å². The minimum absolute atomic E-state index is 0.0226. The predicted octanol–water partition coefficient (Wildman–Crippen LogP) is 2.14.